The zero-order chi connectivity index (χ0) is 14.2. The van der Waals surface area contributed by atoms with Crippen molar-refractivity contribution >= 4 is 29.0 Å². The monoisotopic (exact) mass is 309 g/mol. The molecule has 0 fully saturated rings. The number of nitrogens with one attached hydrogen (secondary N) is 1. The van der Waals surface area contributed by atoms with E-state index in [-0.39, 0.29) is 11.7 Å². The number of carbonyl (C=O) groups is 1. The molecule has 0 aliphatic carbocycles. The second kappa shape index (κ2) is 8.07. The van der Waals surface area contributed by atoms with E-state index in [4.69, 9.17) is 0 Å². The van der Waals surface area contributed by atoms with E-state index in [0.717, 1.165) is 4.88 Å². The number of thioether (sulfide) groups is 1. The van der Waals surface area contributed by atoms with Crippen molar-refractivity contribution in [2.24, 2.45) is 0 Å². The van der Waals surface area contributed by atoms with E-state index in [2.05, 4.69) is 5.32 Å². The highest BCUT2D eigenvalue weighted by atomic mass is 32.2. The summed E-state index contributed by atoms with van der Waals surface area (Å²) in [5.41, 5.74) is 0.691. The summed E-state index contributed by atoms with van der Waals surface area (Å²) in [5, 5.41) is 4.87. The van der Waals surface area contributed by atoms with Gasteiger partial charge in [-0.15, -0.1) is 11.3 Å². The molecule has 5 heteroatoms. The first-order valence-corrected chi connectivity index (χ1v) is 8.39. The predicted octanol–water partition coefficient (Wildman–Crippen LogP) is 3.83. The summed E-state index contributed by atoms with van der Waals surface area (Å²) in [6.07, 6.45) is 0.463. The molecule has 1 aromatic carbocycles. The lowest BCUT2D eigenvalue weighted by Gasteiger charge is -2.04. The molecule has 2 aromatic rings. The zero-order valence-electron chi connectivity index (χ0n) is 11.0. The van der Waals surface area contributed by atoms with Crippen LogP contribution < -0.4 is 5.32 Å². The van der Waals surface area contributed by atoms with Crippen molar-refractivity contribution < 1.29 is 9.18 Å². The van der Waals surface area contributed by atoms with Gasteiger partial charge in [0.2, 0.25) is 5.91 Å². The molecule has 0 radical (unpaired) electrons. The summed E-state index contributed by atoms with van der Waals surface area (Å²) in [6.45, 7) is 0.592. The van der Waals surface area contributed by atoms with Gasteiger partial charge in [-0.1, -0.05) is 24.3 Å². The summed E-state index contributed by atoms with van der Waals surface area (Å²) in [7, 11) is 0. The van der Waals surface area contributed by atoms with Gasteiger partial charge in [-0.25, -0.2) is 4.39 Å². The molecule has 0 unspecified atom stereocenters. The van der Waals surface area contributed by atoms with Gasteiger partial charge in [0.1, 0.15) is 5.82 Å². The largest absolute Gasteiger partial charge is 0.351 e. The number of thiophene rings is 1. The molecule has 0 aliphatic rings. The Hall–Kier alpha value is -1.33. The number of halogens is 1. The Morgan fingerprint density at radius 2 is 2.10 bits per heavy atom. The summed E-state index contributed by atoms with van der Waals surface area (Å²) < 4.78 is 13.4. The molecule has 0 aliphatic heterocycles. The van der Waals surface area contributed by atoms with Gasteiger partial charge < -0.3 is 5.32 Å². The van der Waals surface area contributed by atoms with Gasteiger partial charge >= 0.3 is 0 Å². The maximum absolute atomic E-state index is 13.4. The fourth-order valence-electron chi connectivity index (χ4n) is 1.65. The topological polar surface area (TPSA) is 29.1 Å². The zero-order valence-corrected chi connectivity index (χ0v) is 12.6. The molecule has 1 aromatic heterocycles. The fraction of sp³-hybridized carbons (Fsp3) is 0.267. The van der Waals surface area contributed by atoms with Crippen LogP contribution in [0.25, 0.3) is 0 Å². The maximum Gasteiger partial charge on any atom is 0.221 e. The molecule has 106 valence electrons. The summed E-state index contributed by atoms with van der Waals surface area (Å²) in [5.74, 6) is 1.16. The molecule has 1 N–H and O–H groups in total. The second-order valence-corrected chi connectivity index (χ2v) is 6.39. The standard InChI is InChI=1S/C15H16FNOS2/c16-14-6-2-1-4-12(14)11-19-9-7-15(18)17-10-13-5-3-8-20-13/h1-6,8H,7,9-11H2,(H,17,18). The predicted molar refractivity (Wildman–Crippen MR) is 83.3 cm³/mol. The first-order valence-electron chi connectivity index (χ1n) is 6.36. The number of carbonyl (C=O) groups excluding carboxylic acids is 1. The fourth-order valence-corrected chi connectivity index (χ4v) is 3.22. The van der Waals surface area contributed by atoms with Crippen LogP contribution in [-0.2, 0) is 17.1 Å². The average molecular weight is 309 g/mol. The van der Waals surface area contributed by atoms with Crippen molar-refractivity contribution in [1.82, 2.24) is 5.32 Å². The molecule has 20 heavy (non-hydrogen) atoms. The highest BCUT2D eigenvalue weighted by Crippen LogP contribution is 2.16. The van der Waals surface area contributed by atoms with Crippen LogP contribution in [0.5, 0.6) is 0 Å². The van der Waals surface area contributed by atoms with Crippen LogP contribution >= 0.6 is 23.1 Å². The van der Waals surface area contributed by atoms with E-state index in [0.29, 0.717) is 30.0 Å². The van der Waals surface area contributed by atoms with Gasteiger partial charge in [0, 0.05) is 22.8 Å². The van der Waals surface area contributed by atoms with Crippen LogP contribution in [0.4, 0.5) is 4.39 Å². The summed E-state index contributed by atoms with van der Waals surface area (Å²) in [4.78, 5) is 12.8. The quantitative estimate of drug-likeness (QED) is 0.788. The molecule has 0 atom stereocenters. The van der Waals surface area contributed by atoms with Crippen molar-refractivity contribution in [2.45, 2.75) is 18.7 Å². The van der Waals surface area contributed by atoms with Crippen molar-refractivity contribution in [3.05, 3.63) is 58.0 Å². The van der Waals surface area contributed by atoms with Crippen molar-refractivity contribution in [3.8, 4) is 0 Å². The van der Waals surface area contributed by atoms with E-state index in [1.807, 2.05) is 23.6 Å². The number of benzene rings is 1. The summed E-state index contributed by atoms with van der Waals surface area (Å²) in [6, 6.07) is 10.7. The first-order chi connectivity index (χ1) is 9.75. The molecule has 1 heterocycles. The van der Waals surface area contributed by atoms with Gasteiger partial charge in [0.05, 0.1) is 6.54 Å². The molecular formula is C15H16FNOS2. The maximum atomic E-state index is 13.4. The Labute approximate surface area is 126 Å². The second-order valence-electron chi connectivity index (χ2n) is 4.25. The number of hydrogen-bond donors (Lipinski definition) is 1. The van der Waals surface area contributed by atoms with Crippen LogP contribution in [0.2, 0.25) is 0 Å². The van der Waals surface area contributed by atoms with Crippen LogP contribution in [0, 0.1) is 5.82 Å². The minimum absolute atomic E-state index is 0.0411. The van der Waals surface area contributed by atoms with E-state index in [9.17, 15) is 9.18 Å². The van der Waals surface area contributed by atoms with Crippen LogP contribution in [0.15, 0.2) is 41.8 Å². The molecule has 2 rings (SSSR count). The van der Waals surface area contributed by atoms with E-state index in [1.54, 1.807) is 35.2 Å². The van der Waals surface area contributed by atoms with E-state index < -0.39 is 0 Å². The van der Waals surface area contributed by atoms with Crippen LogP contribution in [0.3, 0.4) is 0 Å². The lowest BCUT2D eigenvalue weighted by Crippen LogP contribution is -2.22. The molecule has 1 amide bonds. The first kappa shape index (κ1) is 15.1. The molecule has 0 bridgehead atoms. The molecule has 2 nitrogen and oxygen atoms in total. The Bertz CT molecular complexity index is 543. The third kappa shape index (κ3) is 4.98. The summed E-state index contributed by atoms with van der Waals surface area (Å²) >= 11 is 3.20. The Kier molecular flexibility index (Phi) is 6.08. The SMILES string of the molecule is O=C(CCSCc1ccccc1F)NCc1cccs1. The van der Waals surface area contributed by atoms with Crippen LogP contribution in [0.1, 0.15) is 16.9 Å². The molecular weight excluding hydrogens is 293 g/mol. The lowest BCUT2D eigenvalue weighted by molar-refractivity contribution is -0.120. The molecule has 0 saturated heterocycles. The van der Waals surface area contributed by atoms with Gasteiger partial charge in [0.15, 0.2) is 0 Å². The molecule has 0 saturated carbocycles. The Balaban J connectivity index is 1.61. The highest BCUT2D eigenvalue weighted by molar-refractivity contribution is 7.98. The van der Waals surface area contributed by atoms with E-state index >= 15 is 0 Å². The molecule has 0 spiro atoms. The smallest absolute Gasteiger partial charge is 0.221 e. The third-order valence-corrected chi connectivity index (χ3v) is 4.61. The van der Waals surface area contributed by atoms with Gasteiger partial charge in [-0.2, -0.15) is 11.8 Å². The number of rotatable bonds is 7. The normalized spacial score (nSPS) is 10.4. The number of amides is 1. The van der Waals surface area contributed by atoms with Gasteiger partial charge in [0.25, 0.3) is 0 Å². The van der Waals surface area contributed by atoms with Gasteiger partial charge in [-0.3, -0.25) is 4.79 Å². The van der Waals surface area contributed by atoms with Crippen molar-refractivity contribution in [1.29, 1.82) is 0 Å². The Morgan fingerprint density at radius 1 is 1.25 bits per heavy atom. The third-order valence-electron chi connectivity index (χ3n) is 2.73. The lowest BCUT2D eigenvalue weighted by atomic mass is 10.2. The minimum Gasteiger partial charge on any atom is -0.351 e. The minimum atomic E-state index is -0.179. The van der Waals surface area contributed by atoms with Crippen LogP contribution in [-0.4, -0.2) is 11.7 Å². The Morgan fingerprint density at radius 3 is 2.85 bits per heavy atom. The van der Waals surface area contributed by atoms with Crippen molar-refractivity contribution in [2.75, 3.05) is 5.75 Å². The number of hydrogen-bond acceptors (Lipinski definition) is 3. The van der Waals surface area contributed by atoms with Crippen molar-refractivity contribution in [3.63, 3.8) is 0 Å². The van der Waals surface area contributed by atoms with E-state index in [1.165, 1.54) is 6.07 Å². The highest BCUT2D eigenvalue weighted by Gasteiger charge is 2.04. The van der Waals surface area contributed by atoms with Gasteiger partial charge in [-0.05, 0) is 23.1 Å². The average Bonchev–Trinajstić information content (AvgIpc) is 2.96.